The van der Waals surface area contributed by atoms with Crippen molar-refractivity contribution in [2.75, 3.05) is 29.4 Å². The van der Waals surface area contributed by atoms with Gasteiger partial charge in [0.2, 0.25) is 10.0 Å². The van der Waals surface area contributed by atoms with Crippen molar-refractivity contribution in [1.82, 2.24) is 5.32 Å². The van der Waals surface area contributed by atoms with E-state index in [9.17, 15) is 18.3 Å². The average molecular weight is 436 g/mol. The van der Waals surface area contributed by atoms with Crippen molar-refractivity contribution >= 4 is 27.3 Å². The van der Waals surface area contributed by atoms with Gasteiger partial charge in [0.25, 0.3) is 5.91 Å². The minimum Gasteiger partial charge on any atom is -0.491 e. The highest BCUT2D eigenvalue weighted by Gasteiger charge is 2.13. The lowest BCUT2D eigenvalue weighted by atomic mass is 10.1. The van der Waals surface area contributed by atoms with Crippen LogP contribution in [-0.4, -0.2) is 50.5 Å². The van der Waals surface area contributed by atoms with Gasteiger partial charge in [0, 0.05) is 29.0 Å². The van der Waals surface area contributed by atoms with Crippen molar-refractivity contribution in [3.05, 3.63) is 54.1 Å². The third-order valence-corrected chi connectivity index (χ3v) is 4.48. The Balaban J connectivity index is 1.85. The number of carbonyl (C=O) groups is 1. The molecule has 4 N–H and O–H groups in total. The summed E-state index contributed by atoms with van der Waals surface area (Å²) in [5.41, 5.74) is 1.28. The van der Waals surface area contributed by atoms with E-state index in [1.807, 2.05) is 20.8 Å². The van der Waals surface area contributed by atoms with E-state index in [4.69, 9.17) is 4.74 Å². The van der Waals surface area contributed by atoms with Gasteiger partial charge in [-0.15, -0.1) is 0 Å². The summed E-state index contributed by atoms with van der Waals surface area (Å²) in [5, 5.41) is 15.9. The molecule has 0 aliphatic carbocycles. The first-order chi connectivity index (χ1) is 13.9. The summed E-state index contributed by atoms with van der Waals surface area (Å²) >= 11 is 0. The third-order valence-electron chi connectivity index (χ3n) is 3.87. The molecule has 164 valence electrons. The monoisotopic (exact) mass is 435 g/mol. The number of β-amino-alcohol motifs (C(OH)–C–C–N with tert-alkyl or cyclic N) is 1. The van der Waals surface area contributed by atoms with Crippen LogP contribution in [0.25, 0.3) is 0 Å². The predicted octanol–water partition coefficient (Wildman–Crippen LogP) is 2.44. The number of rotatable bonds is 9. The fourth-order valence-corrected chi connectivity index (χ4v) is 2.98. The number of hydrogen-bond donors (Lipinski definition) is 4. The molecule has 0 heterocycles. The summed E-state index contributed by atoms with van der Waals surface area (Å²) in [4.78, 5) is 12.3. The van der Waals surface area contributed by atoms with E-state index < -0.39 is 16.1 Å². The number of nitrogens with one attached hydrogen (secondary N) is 3. The quantitative estimate of drug-likeness (QED) is 0.481. The van der Waals surface area contributed by atoms with Crippen LogP contribution in [0.4, 0.5) is 11.4 Å². The van der Waals surface area contributed by atoms with Crippen molar-refractivity contribution < 1.29 is 23.1 Å². The van der Waals surface area contributed by atoms with Crippen LogP contribution in [0.15, 0.2) is 48.5 Å². The number of benzene rings is 2. The SMILES string of the molecule is CC(C)(C)NCC(O)COc1ccc(NC(=O)c2ccc(NS(C)(=O)=O)cc2)cc1. The Hall–Kier alpha value is -2.62. The molecule has 0 aliphatic rings. The molecular weight excluding hydrogens is 406 g/mol. The van der Waals surface area contributed by atoms with Gasteiger partial charge in [0.05, 0.1) is 6.26 Å². The van der Waals surface area contributed by atoms with Gasteiger partial charge in [-0.1, -0.05) is 0 Å². The maximum absolute atomic E-state index is 12.3. The van der Waals surface area contributed by atoms with E-state index in [1.54, 1.807) is 24.3 Å². The molecule has 0 spiro atoms. The molecule has 1 atom stereocenters. The van der Waals surface area contributed by atoms with Crippen molar-refractivity contribution in [1.29, 1.82) is 0 Å². The molecule has 0 saturated carbocycles. The van der Waals surface area contributed by atoms with Gasteiger partial charge in [-0.05, 0) is 69.3 Å². The zero-order valence-corrected chi connectivity index (χ0v) is 18.4. The van der Waals surface area contributed by atoms with Crippen LogP contribution in [0, 0.1) is 0 Å². The van der Waals surface area contributed by atoms with Crippen LogP contribution >= 0.6 is 0 Å². The summed E-state index contributed by atoms with van der Waals surface area (Å²) < 4.78 is 30.4. The Morgan fingerprint density at radius 3 is 2.13 bits per heavy atom. The Kier molecular flexibility index (Phi) is 7.83. The molecule has 2 rings (SSSR count). The molecule has 0 fully saturated rings. The van der Waals surface area contributed by atoms with Gasteiger partial charge in [-0.2, -0.15) is 0 Å². The fourth-order valence-electron chi connectivity index (χ4n) is 2.42. The first-order valence-corrected chi connectivity index (χ1v) is 11.4. The summed E-state index contributed by atoms with van der Waals surface area (Å²) in [6, 6.07) is 12.9. The van der Waals surface area contributed by atoms with E-state index in [-0.39, 0.29) is 18.1 Å². The molecule has 1 amide bonds. The molecule has 2 aromatic rings. The van der Waals surface area contributed by atoms with Crippen LogP contribution in [0.3, 0.4) is 0 Å². The van der Waals surface area contributed by atoms with Gasteiger partial charge in [-0.25, -0.2) is 8.42 Å². The summed E-state index contributed by atoms with van der Waals surface area (Å²) in [5.74, 6) is 0.261. The zero-order chi connectivity index (χ0) is 22.4. The molecule has 0 bridgehead atoms. The second kappa shape index (κ2) is 9.92. The van der Waals surface area contributed by atoms with E-state index in [2.05, 4.69) is 15.4 Å². The van der Waals surface area contributed by atoms with Crippen molar-refractivity contribution in [2.45, 2.75) is 32.4 Å². The highest BCUT2D eigenvalue weighted by atomic mass is 32.2. The normalized spacial score (nSPS) is 12.8. The van der Waals surface area contributed by atoms with Crippen LogP contribution in [0.1, 0.15) is 31.1 Å². The molecule has 1 unspecified atom stereocenters. The summed E-state index contributed by atoms with van der Waals surface area (Å²) in [7, 11) is -3.36. The van der Waals surface area contributed by atoms with Gasteiger partial charge in [0.15, 0.2) is 0 Å². The first-order valence-electron chi connectivity index (χ1n) is 9.46. The molecule has 0 radical (unpaired) electrons. The van der Waals surface area contributed by atoms with Crippen molar-refractivity contribution in [2.24, 2.45) is 0 Å². The lowest BCUT2D eigenvalue weighted by Crippen LogP contribution is -2.42. The fraction of sp³-hybridized carbons (Fsp3) is 0.381. The molecule has 0 aliphatic heterocycles. The van der Waals surface area contributed by atoms with Gasteiger partial charge in [-0.3, -0.25) is 9.52 Å². The van der Waals surface area contributed by atoms with E-state index in [1.165, 1.54) is 24.3 Å². The highest BCUT2D eigenvalue weighted by molar-refractivity contribution is 7.92. The number of anilines is 2. The van der Waals surface area contributed by atoms with Gasteiger partial charge in [0.1, 0.15) is 18.5 Å². The third kappa shape index (κ3) is 8.81. The summed E-state index contributed by atoms with van der Waals surface area (Å²) in [6.45, 7) is 6.65. The lowest BCUT2D eigenvalue weighted by molar-refractivity contribution is 0.100. The molecule has 0 saturated heterocycles. The molecule has 9 heteroatoms. The second-order valence-electron chi connectivity index (χ2n) is 8.03. The smallest absolute Gasteiger partial charge is 0.255 e. The van der Waals surface area contributed by atoms with E-state index >= 15 is 0 Å². The number of amides is 1. The Morgan fingerprint density at radius 1 is 1.03 bits per heavy atom. The number of aliphatic hydroxyl groups is 1. The lowest BCUT2D eigenvalue weighted by Gasteiger charge is -2.23. The van der Waals surface area contributed by atoms with Crippen LogP contribution in [0.2, 0.25) is 0 Å². The maximum Gasteiger partial charge on any atom is 0.255 e. The molecule has 2 aromatic carbocycles. The Bertz CT molecular complexity index is 936. The number of aliphatic hydroxyl groups excluding tert-OH is 1. The van der Waals surface area contributed by atoms with Crippen molar-refractivity contribution in [3.63, 3.8) is 0 Å². The Labute approximate surface area is 177 Å². The number of ether oxygens (including phenoxy) is 1. The standard InChI is InChI=1S/C21H29N3O5S/c1-21(2,3)22-13-18(25)14-29-19-11-9-16(10-12-19)23-20(26)15-5-7-17(8-6-15)24-30(4,27)28/h5-12,18,22,24-25H,13-14H2,1-4H3,(H,23,26). The largest absolute Gasteiger partial charge is 0.491 e. The minimum atomic E-state index is -3.36. The van der Waals surface area contributed by atoms with Crippen LogP contribution < -0.4 is 20.1 Å². The zero-order valence-electron chi connectivity index (χ0n) is 17.6. The van der Waals surface area contributed by atoms with Crippen LogP contribution in [0.5, 0.6) is 5.75 Å². The van der Waals surface area contributed by atoms with Crippen LogP contribution in [-0.2, 0) is 10.0 Å². The number of sulfonamides is 1. The van der Waals surface area contributed by atoms with E-state index in [0.29, 0.717) is 29.2 Å². The van der Waals surface area contributed by atoms with Crippen molar-refractivity contribution in [3.8, 4) is 5.75 Å². The Morgan fingerprint density at radius 2 is 1.60 bits per heavy atom. The molecule has 8 nitrogen and oxygen atoms in total. The molecule has 30 heavy (non-hydrogen) atoms. The van der Waals surface area contributed by atoms with Gasteiger partial charge < -0.3 is 20.5 Å². The minimum absolute atomic E-state index is 0.0780. The molecule has 0 aromatic heterocycles. The average Bonchev–Trinajstić information content (AvgIpc) is 2.64. The summed E-state index contributed by atoms with van der Waals surface area (Å²) in [6.07, 6.45) is 0.425. The van der Waals surface area contributed by atoms with E-state index in [0.717, 1.165) is 6.26 Å². The highest BCUT2D eigenvalue weighted by Crippen LogP contribution is 2.18. The number of carbonyl (C=O) groups excluding carboxylic acids is 1. The first kappa shape index (κ1) is 23.7. The second-order valence-corrected chi connectivity index (χ2v) is 9.77. The topological polar surface area (TPSA) is 117 Å². The predicted molar refractivity (Wildman–Crippen MR) is 119 cm³/mol. The maximum atomic E-state index is 12.3. The van der Waals surface area contributed by atoms with Gasteiger partial charge >= 0.3 is 0 Å². The number of hydrogen-bond acceptors (Lipinski definition) is 6. The molecular formula is C21H29N3O5S.